The van der Waals surface area contributed by atoms with E-state index < -0.39 is 5.97 Å². The monoisotopic (exact) mass is 209 g/mol. The summed E-state index contributed by atoms with van der Waals surface area (Å²) in [7, 11) is 1.99. The Morgan fingerprint density at radius 3 is 2.27 bits per heavy atom. The van der Waals surface area contributed by atoms with Crippen LogP contribution in [0.4, 0.5) is 0 Å². The summed E-state index contributed by atoms with van der Waals surface area (Å²) in [5.74, 6) is -0.833. The second kappa shape index (κ2) is 8.00. The van der Waals surface area contributed by atoms with Crippen molar-refractivity contribution < 1.29 is 9.90 Å². The molecule has 1 aromatic rings. The van der Waals surface area contributed by atoms with Gasteiger partial charge in [0, 0.05) is 13.0 Å². The van der Waals surface area contributed by atoms with E-state index in [2.05, 4.69) is 36.5 Å². The fourth-order valence-electron chi connectivity index (χ4n) is 1.07. The standard InChI is InChI=1S/C10H15N.C2H4O2/c1-9(11-2)8-10-6-4-3-5-7-10;1-2(3)4/h3-7,9,11H,8H2,1-2H3;1H3,(H,3,4)/t9-;/m0./s1. The molecule has 0 aromatic heterocycles. The molecule has 0 unspecified atom stereocenters. The van der Waals surface area contributed by atoms with Gasteiger partial charge in [-0.25, -0.2) is 0 Å². The van der Waals surface area contributed by atoms with E-state index >= 15 is 0 Å². The number of carboxylic acids is 1. The SMILES string of the molecule is CC(=O)O.CN[C@@H](C)Cc1ccccc1. The number of aliphatic carboxylic acids is 1. The van der Waals surface area contributed by atoms with Gasteiger partial charge in [0.2, 0.25) is 0 Å². The van der Waals surface area contributed by atoms with Crippen LogP contribution >= 0.6 is 0 Å². The third-order valence-corrected chi connectivity index (χ3v) is 1.88. The molecule has 0 spiro atoms. The maximum atomic E-state index is 9.00. The molecule has 0 saturated carbocycles. The fourth-order valence-corrected chi connectivity index (χ4v) is 1.07. The average molecular weight is 209 g/mol. The highest BCUT2D eigenvalue weighted by atomic mass is 16.4. The molecule has 84 valence electrons. The fraction of sp³-hybridized carbons (Fsp3) is 0.417. The van der Waals surface area contributed by atoms with E-state index in [4.69, 9.17) is 9.90 Å². The van der Waals surface area contributed by atoms with Gasteiger partial charge in [-0.3, -0.25) is 4.79 Å². The van der Waals surface area contributed by atoms with Gasteiger partial charge in [-0.2, -0.15) is 0 Å². The lowest BCUT2D eigenvalue weighted by atomic mass is 10.1. The summed E-state index contributed by atoms with van der Waals surface area (Å²) in [6.07, 6.45) is 1.11. The second-order valence-electron chi connectivity index (χ2n) is 3.40. The van der Waals surface area contributed by atoms with E-state index in [0.717, 1.165) is 13.3 Å². The average Bonchev–Trinajstić information content (AvgIpc) is 2.18. The molecule has 0 radical (unpaired) electrons. The lowest BCUT2D eigenvalue weighted by Gasteiger charge is -2.08. The number of hydrogen-bond acceptors (Lipinski definition) is 2. The van der Waals surface area contributed by atoms with E-state index in [1.165, 1.54) is 5.56 Å². The van der Waals surface area contributed by atoms with Gasteiger partial charge >= 0.3 is 0 Å². The van der Waals surface area contributed by atoms with Crippen LogP contribution in [0.2, 0.25) is 0 Å². The highest BCUT2D eigenvalue weighted by Gasteiger charge is 1.97. The van der Waals surface area contributed by atoms with Crippen LogP contribution in [0, 0.1) is 0 Å². The molecule has 0 saturated heterocycles. The molecule has 2 N–H and O–H groups in total. The minimum Gasteiger partial charge on any atom is -0.481 e. The summed E-state index contributed by atoms with van der Waals surface area (Å²) < 4.78 is 0. The first-order valence-corrected chi connectivity index (χ1v) is 4.97. The van der Waals surface area contributed by atoms with Gasteiger partial charge in [0.25, 0.3) is 5.97 Å². The number of likely N-dealkylation sites (N-methyl/N-ethyl adjacent to an activating group) is 1. The lowest BCUT2D eigenvalue weighted by molar-refractivity contribution is -0.134. The van der Waals surface area contributed by atoms with Gasteiger partial charge in [0.05, 0.1) is 0 Å². The number of rotatable bonds is 3. The van der Waals surface area contributed by atoms with Gasteiger partial charge in [0.15, 0.2) is 0 Å². The molecule has 1 rings (SSSR count). The van der Waals surface area contributed by atoms with Gasteiger partial charge in [-0.1, -0.05) is 30.3 Å². The first-order chi connectivity index (χ1) is 7.06. The Bertz CT molecular complexity index is 268. The number of carbonyl (C=O) groups is 1. The summed E-state index contributed by atoms with van der Waals surface area (Å²) in [5, 5.41) is 10.6. The normalized spacial score (nSPS) is 11.1. The van der Waals surface area contributed by atoms with Gasteiger partial charge in [-0.15, -0.1) is 0 Å². The van der Waals surface area contributed by atoms with Crippen molar-refractivity contribution in [1.82, 2.24) is 5.32 Å². The smallest absolute Gasteiger partial charge is 0.300 e. The van der Waals surface area contributed by atoms with E-state index in [1.54, 1.807) is 0 Å². The van der Waals surface area contributed by atoms with Gasteiger partial charge in [0.1, 0.15) is 0 Å². The third kappa shape index (κ3) is 8.97. The Kier molecular flexibility index (Phi) is 7.28. The van der Waals surface area contributed by atoms with Crippen molar-refractivity contribution in [3.63, 3.8) is 0 Å². The Hall–Kier alpha value is -1.35. The molecule has 0 heterocycles. The molecule has 0 amide bonds. The molecule has 0 bridgehead atoms. The van der Waals surface area contributed by atoms with Crippen molar-refractivity contribution >= 4 is 5.97 Å². The van der Waals surface area contributed by atoms with Crippen LogP contribution in [0.5, 0.6) is 0 Å². The summed E-state index contributed by atoms with van der Waals surface area (Å²) in [4.78, 5) is 9.00. The molecule has 0 aliphatic heterocycles. The van der Waals surface area contributed by atoms with E-state index in [9.17, 15) is 0 Å². The number of benzene rings is 1. The Morgan fingerprint density at radius 1 is 1.40 bits per heavy atom. The minimum absolute atomic E-state index is 0.567. The molecule has 3 nitrogen and oxygen atoms in total. The Balaban J connectivity index is 0.000000423. The minimum atomic E-state index is -0.833. The molecule has 0 aliphatic carbocycles. The molecular weight excluding hydrogens is 190 g/mol. The van der Waals surface area contributed by atoms with Crippen molar-refractivity contribution in [1.29, 1.82) is 0 Å². The van der Waals surface area contributed by atoms with Crippen molar-refractivity contribution in [2.24, 2.45) is 0 Å². The van der Waals surface area contributed by atoms with E-state index in [0.29, 0.717) is 6.04 Å². The van der Waals surface area contributed by atoms with E-state index in [-0.39, 0.29) is 0 Å². The molecule has 3 heteroatoms. The van der Waals surface area contributed by atoms with Crippen LogP contribution in [0.25, 0.3) is 0 Å². The van der Waals surface area contributed by atoms with Crippen molar-refractivity contribution in [3.05, 3.63) is 35.9 Å². The largest absolute Gasteiger partial charge is 0.481 e. The van der Waals surface area contributed by atoms with Crippen LogP contribution in [0.3, 0.4) is 0 Å². The van der Waals surface area contributed by atoms with Gasteiger partial charge < -0.3 is 10.4 Å². The molecule has 0 fully saturated rings. The van der Waals surface area contributed by atoms with Crippen LogP contribution < -0.4 is 5.32 Å². The Labute approximate surface area is 91.1 Å². The summed E-state index contributed by atoms with van der Waals surface area (Å²) in [6.45, 7) is 3.27. The third-order valence-electron chi connectivity index (χ3n) is 1.88. The first-order valence-electron chi connectivity index (χ1n) is 4.97. The van der Waals surface area contributed by atoms with Crippen molar-refractivity contribution in [2.75, 3.05) is 7.05 Å². The molecule has 0 aliphatic rings. The molecule has 1 atom stereocenters. The quantitative estimate of drug-likeness (QED) is 0.799. The maximum Gasteiger partial charge on any atom is 0.300 e. The predicted octanol–water partition coefficient (Wildman–Crippen LogP) is 1.93. The summed E-state index contributed by atoms with van der Waals surface area (Å²) in [5.41, 5.74) is 1.40. The number of nitrogens with one attached hydrogen (secondary N) is 1. The summed E-state index contributed by atoms with van der Waals surface area (Å²) >= 11 is 0. The molecular formula is C12H19NO2. The molecule has 15 heavy (non-hydrogen) atoms. The molecule has 1 aromatic carbocycles. The van der Waals surface area contributed by atoms with Gasteiger partial charge in [-0.05, 0) is 26.0 Å². The lowest BCUT2D eigenvalue weighted by Crippen LogP contribution is -2.23. The zero-order valence-corrected chi connectivity index (χ0v) is 9.53. The predicted molar refractivity (Wildman–Crippen MR) is 62.0 cm³/mol. The van der Waals surface area contributed by atoms with Crippen LogP contribution in [-0.4, -0.2) is 24.2 Å². The van der Waals surface area contributed by atoms with Crippen LogP contribution in [-0.2, 0) is 11.2 Å². The highest BCUT2D eigenvalue weighted by Crippen LogP contribution is 2.01. The van der Waals surface area contributed by atoms with Crippen LogP contribution in [0.1, 0.15) is 19.4 Å². The Morgan fingerprint density at radius 2 is 1.87 bits per heavy atom. The zero-order chi connectivity index (χ0) is 11.7. The number of hydrogen-bond donors (Lipinski definition) is 2. The van der Waals surface area contributed by atoms with Crippen LogP contribution in [0.15, 0.2) is 30.3 Å². The zero-order valence-electron chi connectivity index (χ0n) is 9.53. The van der Waals surface area contributed by atoms with E-state index in [1.807, 2.05) is 13.1 Å². The topological polar surface area (TPSA) is 49.3 Å². The highest BCUT2D eigenvalue weighted by molar-refractivity contribution is 5.62. The van der Waals surface area contributed by atoms with Crippen molar-refractivity contribution in [3.8, 4) is 0 Å². The second-order valence-corrected chi connectivity index (χ2v) is 3.40. The van der Waals surface area contributed by atoms with Crippen molar-refractivity contribution in [2.45, 2.75) is 26.3 Å². The maximum absolute atomic E-state index is 9.00. The first kappa shape index (κ1) is 13.7. The number of carboxylic acid groups (broad SMARTS) is 1. The summed E-state index contributed by atoms with van der Waals surface area (Å²) in [6, 6.07) is 11.1.